The lowest BCUT2D eigenvalue weighted by atomic mass is 9.97. The second-order valence-electron chi connectivity index (χ2n) is 10.00. The number of nitrogen functional groups attached to an aromatic ring is 1. The zero-order valence-corrected chi connectivity index (χ0v) is 24.2. The fraction of sp³-hybridized carbons (Fsp3) is 0.556. The minimum Gasteiger partial charge on any atom is -0.366 e. The van der Waals surface area contributed by atoms with Crippen molar-refractivity contribution in [3.8, 4) is 11.3 Å². The number of rotatable bonds is 5. The second-order valence-corrected chi connectivity index (χ2v) is 10.00. The van der Waals surface area contributed by atoms with Gasteiger partial charge in [-0.3, -0.25) is 9.78 Å². The summed E-state index contributed by atoms with van der Waals surface area (Å²) in [6, 6.07) is 5.99. The van der Waals surface area contributed by atoms with E-state index in [9.17, 15) is 18.0 Å². The Morgan fingerprint density at radius 3 is 2.42 bits per heavy atom. The van der Waals surface area contributed by atoms with E-state index in [1.165, 1.54) is 13.8 Å². The van der Waals surface area contributed by atoms with Crippen molar-refractivity contribution >= 4 is 28.9 Å². The Balaban J connectivity index is 0.000000290. The van der Waals surface area contributed by atoms with Crippen LogP contribution in [0.3, 0.4) is 0 Å². The quantitative estimate of drug-likeness (QED) is 0.354. The Morgan fingerprint density at radius 2 is 1.93 bits per heavy atom. The van der Waals surface area contributed by atoms with E-state index in [1.54, 1.807) is 23.4 Å². The molecule has 40 heavy (non-hydrogen) atoms. The van der Waals surface area contributed by atoms with Gasteiger partial charge in [-0.1, -0.05) is 6.92 Å². The number of anilines is 2. The molecule has 4 heterocycles. The predicted octanol–water partition coefficient (Wildman–Crippen LogP) is 6.23. The first-order valence-corrected chi connectivity index (χ1v) is 13.2. The molecule has 10 nitrogen and oxygen atoms in total. The number of aryl methyl sites for hydroxylation is 1. The van der Waals surface area contributed by atoms with Gasteiger partial charge in [-0.15, -0.1) is 5.10 Å². The van der Waals surface area contributed by atoms with E-state index in [1.807, 2.05) is 45.2 Å². The number of aromatic nitrogens is 4. The number of likely N-dealkylation sites (tertiary alicyclic amines) is 1. The zero-order chi connectivity index (χ0) is 30.0. The lowest BCUT2D eigenvalue weighted by Crippen LogP contribution is -2.45. The van der Waals surface area contributed by atoms with Crippen LogP contribution in [0.5, 0.6) is 0 Å². The van der Waals surface area contributed by atoms with E-state index in [2.05, 4.69) is 30.6 Å². The number of piperidine rings is 1. The third kappa shape index (κ3) is 9.45. The van der Waals surface area contributed by atoms with Gasteiger partial charge in [-0.05, 0) is 58.7 Å². The molecule has 3 aromatic rings. The molecule has 0 aliphatic carbocycles. The molecule has 4 rings (SSSR count). The van der Waals surface area contributed by atoms with Crippen LogP contribution in [-0.2, 0) is 4.79 Å². The van der Waals surface area contributed by atoms with Crippen molar-refractivity contribution in [1.82, 2.24) is 24.5 Å². The van der Waals surface area contributed by atoms with Gasteiger partial charge in [-0.25, -0.2) is 17.7 Å². The number of halogens is 3. The SMILES string of the molecule is CC(=O)N1CCCC(C)(F)C1.CCC(F)F.CN=Nc1ccc(-c2ccn3nc(N)nc(NC(C)C)c23)nc1C. The van der Waals surface area contributed by atoms with Crippen molar-refractivity contribution in [3.63, 3.8) is 0 Å². The van der Waals surface area contributed by atoms with Crippen LogP contribution in [0, 0.1) is 6.92 Å². The third-order valence-corrected chi connectivity index (χ3v) is 5.90. The summed E-state index contributed by atoms with van der Waals surface area (Å²) in [6.45, 7) is 11.5. The van der Waals surface area contributed by atoms with Crippen molar-refractivity contribution in [2.75, 3.05) is 31.2 Å². The van der Waals surface area contributed by atoms with E-state index in [0.29, 0.717) is 12.2 Å². The molecule has 1 atom stereocenters. The number of hydrogen-bond donors (Lipinski definition) is 2. The number of alkyl halides is 3. The summed E-state index contributed by atoms with van der Waals surface area (Å²) in [7, 11) is 1.64. The van der Waals surface area contributed by atoms with Crippen LogP contribution in [0.25, 0.3) is 16.8 Å². The molecule has 1 fully saturated rings. The van der Waals surface area contributed by atoms with Gasteiger partial charge in [0.25, 0.3) is 0 Å². The monoisotopic (exact) mass is 563 g/mol. The molecule has 1 unspecified atom stereocenters. The van der Waals surface area contributed by atoms with Crippen molar-refractivity contribution in [2.45, 2.75) is 78.9 Å². The summed E-state index contributed by atoms with van der Waals surface area (Å²) >= 11 is 0. The van der Waals surface area contributed by atoms with Crippen LogP contribution < -0.4 is 11.1 Å². The lowest BCUT2D eigenvalue weighted by molar-refractivity contribution is -0.132. The number of pyridine rings is 1. The number of fused-ring (bicyclic) bond motifs is 1. The van der Waals surface area contributed by atoms with Gasteiger partial charge in [-0.2, -0.15) is 15.2 Å². The summed E-state index contributed by atoms with van der Waals surface area (Å²) in [4.78, 5) is 21.4. The van der Waals surface area contributed by atoms with E-state index in [4.69, 9.17) is 5.73 Å². The molecule has 3 aromatic heterocycles. The fourth-order valence-electron chi connectivity index (χ4n) is 4.00. The van der Waals surface area contributed by atoms with Crippen LogP contribution >= 0.6 is 0 Å². The normalized spacial score (nSPS) is 17.1. The molecule has 13 heteroatoms. The summed E-state index contributed by atoms with van der Waals surface area (Å²) < 4.78 is 36.5. The maximum Gasteiger partial charge on any atom is 0.240 e. The Kier molecular flexibility index (Phi) is 11.8. The standard InChI is InChI=1S/C16H20N8.C8H14FNO.C3H6F2/c1-9(2)19-15-14-11(7-8-24(14)23-16(17)21-15)13-6-5-12(22-18-4)10(3)20-13;1-7(11)10-5-3-4-8(2,9)6-10;1-2-3(4)5/h5-9H,1-4H3,(H3,17,19,21,23);3-6H2,1-2H3;3H,2H2,1H3. The lowest BCUT2D eigenvalue weighted by Gasteiger charge is -2.34. The van der Waals surface area contributed by atoms with Gasteiger partial charge in [0.2, 0.25) is 18.3 Å². The maximum absolute atomic E-state index is 13.3. The summed E-state index contributed by atoms with van der Waals surface area (Å²) in [5.74, 6) is 0.887. The van der Waals surface area contributed by atoms with E-state index < -0.39 is 12.1 Å². The molecule has 1 amide bonds. The van der Waals surface area contributed by atoms with Gasteiger partial charge in [0, 0.05) is 44.7 Å². The van der Waals surface area contributed by atoms with Crippen molar-refractivity contribution < 1.29 is 18.0 Å². The summed E-state index contributed by atoms with van der Waals surface area (Å²) in [5, 5.41) is 15.4. The number of hydrogen-bond acceptors (Lipinski definition) is 8. The van der Waals surface area contributed by atoms with E-state index in [0.717, 1.165) is 41.1 Å². The Labute approximate surface area is 233 Å². The number of carbonyl (C=O) groups is 1. The topological polar surface area (TPSA) is 126 Å². The van der Waals surface area contributed by atoms with Crippen LogP contribution in [0.1, 0.15) is 59.6 Å². The number of nitrogens with one attached hydrogen (secondary N) is 1. The predicted molar refractivity (Wildman–Crippen MR) is 152 cm³/mol. The molecule has 0 spiro atoms. The number of amides is 1. The zero-order valence-electron chi connectivity index (χ0n) is 24.2. The maximum atomic E-state index is 13.3. The smallest absolute Gasteiger partial charge is 0.240 e. The van der Waals surface area contributed by atoms with Crippen LogP contribution in [0.4, 0.5) is 30.6 Å². The fourth-order valence-corrected chi connectivity index (χ4v) is 4.00. The Bertz CT molecular complexity index is 1290. The molecular formula is C27H40F3N9O. The first-order valence-electron chi connectivity index (χ1n) is 13.2. The second kappa shape index (κ2) is 14.6. The van der Waals surface area contributed by atoms with E-state index >= 15 is 0 Å². The average Bonchev–Trinajstić information content (AvgIpc) is 3.29. The van der Waals surface area contributed by atoms with Crippen LogP contribution in [0.2, 0.25) is 0 Å². The van der Waals surface area contributed by atoms with E-state index in [-0.39, 0.29) is 30.9 Å². The first-order chi connectivity index (χ1) is 18.8. The van der Waals surface area contributed by atoms with Crippen molar-refractivity contribution in [2.24, 2.45) is 10.2 Å². The van der Waals surface area contributed by atoms with Gasteiger partial charge >= 0.3 is 0 Å². The molecule has 220 valence electrons. The Morgan fingerprint density at radius 1 is 1.25 bits per heavy atom. The van der Waals surface area contributed by atoms with Crippen molar-refractivity contribution in [1.29, 1.82) is 0 Å². The highest BCUT2D eigenvalue weighted by molar-refractivity contribution is 5.87. The summed E-state index contributed by atoms with van der Waals surface area (Å²) in [6.07, 6.45) is 1.07. The number of carbonyl (C=O) groups excluding carboxylic acids is 1. The molecule has 1 saturated heterocycles. The number of azo groups is 1. The van der Waals surface area contributed by atoms with Gasteiger partial charge in [0.05, 0.1) is 17.9 Å². The van der Waals surface area contributed by atoms with Crippen LogP contribution in [-0.4, -0.2) is 68.7 Å². The minimum absolute atomic E-state index is 0.0198. The molecule has 0 radical (unpaired) electrons. The third-order valence-electron chi connectivity index (χ3n) is 5.90. The Hall–Kier alpha value is -3.77. The molecule has 0 aromatic carbocycles. The highest BCUT2D eigenvalue weighted by Gasteiger charge is 2.31. The van der Waals surface area contributed by atoms with Gasteiger partial charge in [0.15, 0.2) is 5.82 Å². The highest BCUT2D eigenvalue weighted by atomic mass is 19.3. The molecule has 1 aliphatic rings. The number of nitrogens with two attached hydrogens (primary N) is 1. The van der Waals surface area contributed by atoms with Crippen molar-refractivity contribution in [3.05, 3.63) is 30.1 Å². The largest absolute Gasteiger partial charge is 0.366 e. The minimum atomic E-state index is -2.12. The molecular weight excluding hydrogens is 523 g/mol. The highest BCUT2D eigenvalue weighted by Crippen LogP contribution is 2.31. The van der Waals surface area contributed by atoms with Gasteiger partial charge < -0.3 is 16.0 Å². The molecule has 3 N–H and O–H groups in total. The van der Waals surface area contributed by atoms with Gasteiger partial charge in [0.1, 0.15) is 16.9 Å². The summed E-state index contributed by atoms with van der Waals surface area (Å²) in [5.41, 5.74) is 8.81. The molecule has 0 bridgehead atoms. The first kappa shape index (κ1) is 32.4. The molecule has 1 aliphatic heterocycles. The number of nitrogens with zero attached hydrogens (tertiary/aromatic N) is 7. The average molecular weight is 564 g/mol. The van der Waals surface area contributed by atoms with Crippen LogP contribution in [0.15, 0.2) is 34.6 Å². The molecule has 0 saturated carbocycles.